The maximum Gasteiger partial charge on any atom is 0.240 e. The van der Waals surface area contributed by atoms with Crippen molar-refractivity contribution in [2.75, 3.05) is 29.5 Å². The Kier molecular flexibility index (Phi) is 4.67. The first kappa shape index (κ1) is 17.4. The fourth-order valence-corrected chi connectivity index (χ4v) is 6.05. The minimum absolute atomic E-state index is 0.0333. The predicted octanol–water partition coefficient (Wildman–Crippen LogP) is 0.526. The van der Waals surface area contributed by atoms with E-state index in [9.17, 15) is 21.6 Å². The summed E-state index contributed by atoms with van der Waals surface area (Å²) in [5.74, 6) is 0.0289. The number of rotatable bonds is 5. The predicted molar refractivity (Wildman–Crippen MR) is 90.0 cm³/mol. The van der Waals surface area contributed by atoms with Crippen molar-refractivity contribution in [3.05, 3.63) is 24.3 Å². The molecule has 0 radical (unpaired) electrons. The second-order valence-corrected chi connectivity index (χ2v) is 10.3. The number of anilines is 1. The molecule has 1 aromatic rings. The SMILES string of the molecule is O=C1CCCN1c1ccc(S(=O)(=O)NC[C@@H]2CCS(=O)(=O)C2)cc1. The molecule has 132 valence electrons. The highest BCUT2D eigenvalue weighted by Crippen LogP contribution is 2.23. The van der Waals surface area contributed by atoms with Gasteiger partial charge in [-0.15, -0.1) is 0 Å². The van der Waals surface area contributed by atoms with Gasteiger partial charge in [-0.05, 0) is 43.0 Å². The Morgan fingerprint density at radius 1 is 1.21 bits per heavy atom. The van der Waals surface area contributed by atoms with Crippen LogP contribution in [0.5, 0.6) is 0 Å². The second-order valence-electron chi connectivity index (χ2n) is 6.26. The molecule has 2 heterocycles. The van der Waals surface area contributed by atoms with Gasteiger partial charge in [0.2, 0.25) is 15.9 Å². The normalized spacial score (nSPS) is 23.8. The standard InChI is InChI=1S/C15H20N2O5S2/c18-15-2-1-8-17(15)13-3-5-14(6-4-13)24(21,22)16-10-12-7-9-23(19,20)11-12/h3-6,12,16H,1-2,7-11H2/t12-/m0/s1. The van der Waals surface area contributed by atoms with E-state index in [-0.39, 0.29) is 34.8 Å². The van der Waals surface area contributed by atoms with E-state index in [1.165, 1.54) is 12.1 Å². The molecule has 7 nitrogen and oxygen atoms in total. The zero-order valence-electron chi connectivity index (χ0n) is 13.1. The molecule has 0 unspecified atom stereocenters. The van der Waals surface area contributed by atoms with Crippen molar-refractivity contribution in [1.29, 1.82) is 0 Å². The molecule has 1 amide bonds. The highest BCUT2D eigenvalue weighted by molar-refractivity contribution is 7.91. The van der Waals surface area contributed by atoms with Crippen LogP contribution in [0.4, 0.5) is 5.69 Å². The number of nitrogens with one attached hydrogen (secondary N) is 1. The van der Waals surface area contributed by atoms with Crippen LogP contribution in [0.3, 0.4) is 0 Å². The molecule has 2 aliphatic heterocycles. The van der Waals surface area contributed by atoms with E-state index in [1.807, 2.05) is 0 Å². The number of carbonyl (C=O) groups excluding carboxylic acids is 1. The van der Waals surface area contributed by atoms with Gasteiger partial charge in [0.25, 0.3) is 0 Å². The molecular weight excluding hydrogens is 352 g/mol. The molecule has 0 spiro atoms. The van der Waals surface area contributed by atoms with Gasteiger partial charge in [0.05, 0.1) is 16.4 Å². The number of amides is 1. The third-order valence-corrected chi connectivity index (χ3v) is 7.70. The molecule has 1 N–H and O–H groups in total. The topological polar surface area (TPSA) is 101 Å². The van der Waals surface area contributed by atoms with Gasteiger partial charge in [-0.25, -0.2) is 21.6 Å². The first-order chi connectivity index (χ1) is 11.3. The van der Waals surface area contributed by atoms with E-state index in [0.29, 0.717) is 25.1 Å². The van der Waals surface area contributed by atoms with E-state index in [2.05, 4.69) is 4.72 Å². The van der Waals surface area contributed by atoms with Gasteiger partial charge < -0.3 is 4.90 Å². The molecule has 2 saturated heterocycles. The van der Waals surface area contributed by atoms with Crippen molar-refractivity contribution < 1.29 is 21.6 Å². The fourth-order valence-electron chi connectivity index (χ4n) is 3.07. The summed E-state index contributed by atoms with van der Waals surface area (Å²) in [5.41, 5.74) is 0.693. The largest absolute Gasteiger partial charge is 0.312 e. The molecular formula is C15H20N2O5S2. The van der Waals surface area contributed by atoms with E-state index in [4.69, 9.17) is 0 Å². The number of carbonyl (C=O) groups is 1. The third-order valence-electron chi connectivity index (χ3n) is 4.42. The maximum atomic E-state index is 12.3. The summed E-state index contributed by atoms with van der Waals surface area (Å²) in [4.78, 5) is 13.5. The Morgan fingerprint density at radius 3 is 2.46 bits per heavy atom. The van der Waals surface area contributed by atoms with Crippen molar-refractivity contribution in [3.8, 4) is 0 Å². The van der Waals surface area contributed by atoms with Crippen LogP contribution in [0.1, 0.15) is 19.3 Å². The first-order valence-electron chi connectivity index (χ1n) is 7.87. The lowest BCUT2D eigenvalue weighted by molar-refractivity contribution is -0.117. The first-order valence-corrected chi connectivity index (χ1v) is 11.2. The van der Waals surface area contributed by atoms with Gasteiger partial charge >= 0.3 is 0 Å². The molecule has 0 aromatic heterocycles. The van der Waals surface area contributed by atoms with Crippen LogP contribution in [-0.2, 0) is 24.7 Å². The lowest BCUT2D eigenvalue weighted by Crippen LogP contribution is -2.30. The summed E-state index contributed by atoms with van der Waals surface area (Å²) in [5, 5.41) is 0. The molecule has 24 heavy (non-hydrogen) atoms. The Morgan fingerprint density at radius 2 is 1.92 bits per heavy atom. The summed E-state index contributed by atoms with van der Waals surface area (Å²) < 4.78 is 49.9. The van der Waals surface area contributed by atoms with Crippen molar-refractivity contribution >= 4 is 31.5 Å². The minimum Gasteiger partial charge on any atom is -0.312 e. The quantitative estimate of drug-likeness (QED) is 0.812. The Balaban J connectivity index is 1.65. The van der Waals surface area contributed by atoms with E-state index in [0.717, 1.165) is 6.42 Å². The van der Waals surface area contributed by atoms with Gasteiger partial charge in [-0.1, -0.05) is 0 Å². The van der Waals surface area contributed by atoms with Crippen LogP contribution in [0.25, 0.3) is 0 Å². The zero-order chi connectivity index (χ0) is 17.4. The molecule has 0 bridgehead atoms. The number of benzene rings is 1. The van der Waals surface area contributed by atoms with Gasteiger partial charge in [-0.3, -0.25) is 4.79 Å². The summed E-state index contributed by atoms with van der Waals surface area (Å²) in [6.07, 6.45) is 1.82. The van der Waals surface area contributed by atoms with Crippen molar-refractivity contribution in [2.45, 2.75) is 24.2 Å². The van der Waals surface area contributed by atoms with Crippen molar-refractivity contribution in [3.63, 3.8) is 0 Å². The summed E-state index contributed by atoms with van der Waals surface area (Å²) >= 11 is 0. The van der Waals surface area contributed by atoms with Gasteiger partial charge in [0.15, 0.2) is 9.84 Å². The van der Waals surface area contributed by atoms with Crippen LogP contribution >= 0.6 is 0 Å². The van der Waals surface area contributed by atoms with Gasteiger partial charge in [0, 0.05) is 25.2 Å². The Hall–Kier alpha value is -1.45. The lowest BCUT2D eigenvalue weighted by atomic mass is 10.1. The number of hydrogen-bond acceptors (Lipinski definition) is 5. The number of sulfone groups is 1. The Labute approximate surface area is 142 Å². The molecule has 3 rings (SSSR count). The van der Waals surface area contributed by atoms with Crippen LogP contribution < -0.4 is 9.62 Å². The van der Waals surface area contributed by atoms with E-state index in [1.54, 1.807) is 17.0 Å². The number of nitrogens with zero attached hydrogens (tertiary/aromatic N) is 1. The molecule has 1 atom stereocenters. The molecule has 0 aliphatic carbocycles. The molecule has 0 saturated carbocycles. The van der Waals surface area contributed by atoms with Crippen molar-refractivity contribution in [1.82, 2.24) is 4.72 Å². The monoisotopic (exact) mass is 372 g/mol. The smallest absolute Gasteiger partial charge is 0.240 e. The van der Waals surface area contributed by atoms with Crippen molar-refractivity contribution in [2.24, 2.45) is 5.92 Å². The van der Waals surface area contributed by atoms with E-state index >= 15 is 0 Å². The minimum atomic E-state index is -3.69. The van der Waals surface area contributed by atoms with Gasteiger partial charge in [-0.2, -0.15) is 0 Å². The molecule has 2 fully saturated rings. The molecule has 9 heteroatoms. The fraction of sp³-hybridized carbons (Fsp3) is 0.533. The highest BCUT2D eigenvalue weighted by atomic mass is 32.2. The van der Waals surface area contributed by atoms with Crippen LogP contribution in [0, 0.1) is 5.92 Å². The number of sulfonamides is 1. The summed E-state index contributed by atoms with van der Waals surface area (Å²) in [7, 11) is -6.71. The van der Waals surface area contributed by atoms with E-state index < -0.39 is 19.9 Å². The highest BCUT2D eigenvalue weighted by Gasteiger charge is 2.29. The average molecular weight is 372 g/mol. The summed E-state index contributed by atoms with van der Waals surface area (Å²) in [6.45, 7) is 0.771. The lowest BCUT2D eigenvalue weighted by Gasteiger charge is -2.16. The summed E-state index contributed by atoms with van der Waals surface area (Å²) in [6, 6.07) is 6.18. The number of hydrogen-bond donors (Lipinski definition) is 1. The zero-order valence-corrected chi connectivity index (χ0v) is 14.8. The second kappa shape index (κ2) is 6.45. The molecule has 2 aliphatic rings. The molecule has 1 aromatic carbocycles. The Bertz CT molecular complexity index is 831. The van der Waals surface area contributed by atoms with Crippen LogP contribution in [0.2, 0.25) is 0 Å². The van der Waals surface area contributed by atoms with Crippen LogP contribution in [-0.4, -0.2) is 47.3 Å². The maximum absolute atomic E-state index is 12.3. The third kappa shape index (κ3) is 3.79. The van der Waals surface area contributed by atoms with Gasteiger partial charge in [0.1, 0.15) is 0 Å². The average Bonchev–Trinajstić information content (AvgIpc) is 3.11. The van der Waals surface area contributed by atoms with Crippen LogP contribution in [0.15, 0.2) is 29.2 Å².